The summed E-state index contributed by atoms with van der Waals surface area (Å²) in [6.07, 6.45) is 0. The SMILES string of the molecule is Cc1cc(=N)sn1C.I. The molecule has 0 unspecified atom stereocenters. The molecule has 1 heterocycles. The summed E-state index contributed by atoms with van der Waals surface area (Å²) in [5.41, 5.74) is 1.15. The van der Waals surface area contributed by atoms with E-state index in [1.165, 1.54) is 11.5 Å². The Morgan fingerprint density at radius 2 is 2.22 bits per heavy atom. The summed E-state index contributed by atoms with van der Waals surface area (Å²) in [5, 5.41) is 7.15. The van der Waals surface area contributed by atoms with Crippen LogP contribution in [0.1, 0.15) is 5.69 Å². The van der Waals surface area contributed by atoms with Crippen LogP contribution in [0.15, 0.2) is 6.07 Å². The van der Waals surface area contributed by atoms with Crippen LogP contribution in [0.3, 0.4) is 0 Å². The number of rotatable bonds is 0. The summed E-state index contributed by atoms with van der Waals surface area (Å²) >= 11 is 1.45. The standard InChI is InChI=1S/C5H8N2S.HI/c1-4-3-5(6)8-7(4)2;/h3,6H,1-2H3;1H. The molecule has 2 nitrogen and oxygen atoms in total. The second-order valence-corrected chi connectivity index (χ2v) is 2.91. The van der Waals surface area contributed by atoms with Gasteiger partial charge in [0.2, 0.25) is 0 Å². The van der Waals surface area contributed by atoms with E-state index in [1.807, 2.05) is 24.0 Å². The number of hydrogen-bond donors (Lipinski definition) is 1. The molecule has 52 valence electrons. The number of nitrogens with one attached hydrogen (secondary N) is 1. The molecule has 0 bridgehead atoms. The van der Waals surface area contributed by atoms with Crippen molar-refractivity contribution in [2.75, 3.05) is 0 Å². The topological polar surface area (TPSA) is 28.8 Å². The van der Waals surface area contributed by atoms with Crippen molar-refractivity contribution in [2.24, 2.45) is 7.05 Å². The molecule has 1 N–H and O–H groups in total. The molecule has 1 rings (SSSR count). The number of aryl methyl sites for hydroxylation is 2. The van der Waals surface area contributed by atoms with E-state index >= 15 is 0 Å². The molecule has 0 aromatic carbocycles. The van der Waals surface area contributed by atoms with Crippen molar-refractivity contribution in [3.05, 3.63) is 16.4 Å². The van der Waals surface area contributed by atoms with Gasteiger partial charge in [-0.15, -0.1) is 24.0 Å². The van der Waals surface area contributed by atoms with Crippen LogP contribution in [0.2, 0.25) is 0 Å². The van der Waals surface area contributed by atoms with Gasteiger partial charge in [0.1, 0.15) is 4.67 Å². The van der Waals surface area contributed by atoms with Crippen LogP contribution in [0.4, 0.5) is 0 Å². The maximum atomic E-state index is 7.15. The van der Waals surface area contributed by atoms with Gasteiger partial charge in [-0.05, 0) is 24.5 Å². The molecule has 0 fully saturated rings. The van der Waals surface area contributed by atoms with E-state index in [-0.39, 0.29) is 24.0 Å². The van der Waals surface area contributed by atoms with Crippen molar-refractivity contribution in [1.29, 1.82) is 5.41 Å². The smallest absolute Gasteiger partial charge is 0.126 e. The highest BCUT2D eigenvalue weighted by atomic mass is 127. The zero-order valence-corrected chi connectivity index (χ0v) is 8.49. The van der Waals surface area contributed by atoms with E-state index in [4.69, 9.17) is 5.41 Å². The Bertz CT molecular complexity index is 215. The van der Waals surface area contributed by atoms with E-state index in [0.717, 1.165) is 5.69 Å². The highest BCUT2D eigenvalue weighted by molar-refractivity contribution is 14.0. The largest absolute Gasteiger partial charge is 0.304 e. The van der Waals surface area contributed by atoms with E-state index in [1.54, 1.807) is 0 Å². The Morgan fingerprint density at radius 3 is 2.33 bits per heavy atom. The summed E-state index contributed by atoms with van der Waals surface area (Å²) in [4.78, 5) is 0. The van der Waals surface area contributed by atoms with Gasteiger partial charge in [-0.25, -0.2) is 0 Å². The first-order chi connectivity index (χ1) is 3.70. The van der Waals surface area contributed by atoms with Gasteiger partial charge in [0.25, 0.3) is 0 Å². The molecule has 0 radical (unpaired) electrons. The maximum absolute atomic E-state index is 7.15. The Balaban J connectivity index is 0.000000640. The van der Waals surface area contributed by atoms with Crippen molar-refractivity contribution in [3.8, 4) is 0 Å². The van der Waals surface area contributed by atoms with Crippen LogP contribution in [0.5, 0.6) is 0 Å². The lowest BCUT2D eigenvalue weighted by atomic mass is 10.5. The third kappa shape index (κ3) is 2.09. The lowest BCUT2D eigenvalue weighted by Crippen LogP contribution is -1.82. The lowest BCUT2D eigenvalue weighted by molar-refractivity contribution is 0.972. The molecule has 0 spiro atoms. The number of halogens is 1. The highest BCUT2D eigenvalue weighted by Crippen LogP contribution is 1.94. The molecule has 9 heavy (non-hydrogen) atoms. The number of hydrogen-bond acceptors (Lipinski definition) is 2. The third-order valence-corrected chi connectivity index (χ3v) is 1.95. The fourth-order valence-electron chi connectivity index (χ4n) is 0.526. The second-order valence-electron chi connectivity index (χ2n) is 1.74. The highest BCUT2D eigenvalue weighted by Gasteiger charge is 1.88. The molecule has 0 aliphatic heterocycles. The average molecular weight is 256 g/mol. The van der Waals surface area contributed by atoms with Crippen LogP contribution >= 0.6 is 35.5 Å². The molecule has 0 aliphatic rings. The summed E-state index contributed by atoms with van der Waals surface area (Å²) in [5.74, 6) is 0. The second kappa shape index (κ2) is 3.36. The summed E-state index contributed by atoms with van der Waals surface area (Å²) in [6.45, 7) is 1.99. The monoisotopic (exact) mass is 256 g/mol. The molecular formula is C5H9IN2S. The van der Waals surface area contributed by atoms with Crippen molar-refractivity contribution in [2.45, 2.75) is 6.92 Å². The molecule has 0 atom stereocenters. The minimum atomic E-state index is 0. The number of aromatic nitrogens is 1. The summed E-state index contributed by atoms with van der Waals surface area (Å²) < 4.78 is 2.60. The van der Waals surface area contributed by atoms with E-state index in [2.05, 4.69) is 0 Å². The lowest BCUT2D eigenvalue weighted by Gasteiger charge is -1.87. The molecule has 0 aliphatic carbocycles. The van der Waals surface area contributed by atoms with Crippen LogP contribution in [-0.4, -0.2) is 3.96 Å². The first kappa shape index (κ1) is 9.16. The van der Waals surface area contributed by atoms with Crippen molar-refractivity contribution in [1.82, 2.24) is 3.96 Å². The minimum Gasteiger partial charge on any atom is -0.304 e. The van der Waals surface area contributed by atoms with Gasteiger partial charge in [0.15, 0.2) is 0 Å². The van der Waals surface area contributed by atoms with Crippen molar-refractivity contribution in [3.63, 3.8) is 0 Å². The van der Waals surface area contributed by atoms with Crippen molar-refractivity contribution < 1.29 is 0 Å². The van der Waals surface area contributed by atoms with E-state index < -0.39 is 0 Å². The molecular weight excluding hydrogens is 247 g/mol. The third-order valence-electron chi connectivity index (χ3n) is 1.07. The van der Waals surface area contributed by atoms with Crippen LogP contribution in [0, 0.1) is 12.3 Å². The summed E-state index contributed by atoms with van der Waals surface area (Å²) in [7, 11) is 1.96. The normalized spacial score (nSPS) is 8.67. The number of nitrogens with zero attached hydrogens (tertiary/aromatic N) is 1. The fourth-order valence-corrected chi connectivity index (χ4v) is 1.24. The average Bonchev–Trinajstić information content (AvgIpc) is 1.85. The maximum Gasteiger partial charge on any atom is 0.126 e. The van der Waals surface area contributed by atoms with Gasteiger partial charge in [0, 0.05) is 12.7 Å². The van der Waals surface area contributed by atoms with Crippen LogP contribution in [0.25, 0.3) is 0 Å². The Morgan fingerprint density at radius 1 is 1.67 bits per heavy atom. The molecule has 0 amide bonds. The zero-order valence-electron chi connectivity index (χ0n) is 5.34. The van der Waals surface area contributed by atoms with Gasteiger partial charge < -0.3 is 3.96 Å². The van der Waals surface area contributed by atoms with Gasteiger partial charge in [-0.1, -0.05) is 0 Å². The Labute approximate surface area is 75.2 Å². The predicted octanol–water partition coefficient (Wildman–Crippen LogP) is 1.49. The van der Waals surface area contributed by atoms with E-state index in [9.17, 15) is 0 Å². The van der Waals surface area contributed by atoms with Gasteiger partial charge in [-0.3, -0.25) is 5.41 Å². The molecule has 1 aromatic rings. The zero-order chi connectivity index (χ0) is 6.15. The van der Waals surface area contributed by atoms with Crippen LogP contribution in [-0.2, 0) is 7.05 Å². The first-order valence-electron chi connectivity index (χ1n) is 2.38. The Kier molecular flexibility index (Phi) is 3.42. The predicted molar refractivity (Wildman–Crippen MR) is 49.3 cm³/mol. The van der Waals surface area contributed by atoms with Gasteiger partial charge >= 0.3 is 0 Å². The summed E-state index contributed by atoms with van der Waals surface area (Å²) in [6, 6.07) is 1.85. The van der Waals surface area contributed by atoms with Gasteiger partial charge in [0.05, 0.1) is 0 Å². The van der Waals surface area contributed by atoms with Crippen molar-refractivity contribution >= 4 is 35.5 Å². The van der Waals surface area contributed by atoms with Gasteiger partial charge in [-0.2, -0.15) is 0 Å². The quantitative estimate of drug-likeness (QED) is 0.681. The fraction of sp³-hybridized carbons (Fsp3) is 0.400. The first-order valence-corrected chi connectivity index (χ1v) is 3.16. The molecule has 4 heteroatoms. The molecule has 0 saturated carbocycles. The molecule has 0 saturated heterocycles. The van der Waals surface area contributed by atoms with E-state index in [0.29, 0.717) is 4.67 Å². The Hall–Kier alpha value is 0.160. The van der Waals surface area contributed by atoms with Crippen LogP contribution < -0.4 is 4.67 Å². The molecule has 1 aromatic heterocycles. The minimum absolute atomic E-state index is 0.